The zero-order valence-corrected chi connectivity index (χ0v) is 26.5. The lowest BCUT2D eigenvalue weighted by Crippen LogP contribution is -2.37. The van der Waals surface area contributed by atoms with Gasteiger partial charge in [0.1, 0.15) is 5.75 Å². The van der Waals surface area contributed by atoms with Gasteiger partial charge >= 0.3 is 5.97 Å². The number of nitrogens with zero attached hydrogens (tertiary/aromatic N) is 1. The van der Waals surface area contributed by atoms with Gasteiger partial charge < -0.3 is 20.1 Å². The average Bonchev–Trinajstić information content (AvgIpc) is 3.10. The molecule has 0 fully saturated rings. The van der Waals surface area contributed by atoms with Crippen molar-refractivity contribution in [1.82, 2.24) is 5.32 Å². The van der Waals surface area contributed by atoms with E-state index in [1.54, 1.807) is 36.4 Å². The van der Waals surface area contributed by atoms with Crippen LogP contribution in [0.2, 0.25) is 0 Å². The molecule has 10 heteroatoms. The molecule has 0 radical (unpaired) electrons. The first-order valence-corrected chi connectivity index (χ1v) is 17.3. The van der Waals surface area contributed by atoms with Crippen molar-refractivity contribution in [1.29, 1.82) is 0 Å². The van der Waals surface area contributed by atoms with E-state index in [-0.39, 0.29) is 16.4 Å². The lowest BCUT2D eigenvalue weighted by atomic mass is 9.81. The highest BCUT2D eigenvalue weighted by Crippen LogP contribution is 2.47. The van der Waals surface area contributed by atoms with E-state index in [1.165, 1.54) is 11.8 Å². The summed E-state index contributed by atoms with van der Waals surface area (Å²) in [5.74, 6) is -0.825. The molecule has 1 heterocycles. The van der Waals surface area contributed by atoms with Crippen LogP contribution in [0.3, 0.4) is 0 Å². The first-order valence-electron chi connectivity index (χ1n) is 14.7. The van der Waals surface area contributed by atoms with E-state index in [2.05, 4.69) is 24.1 Å². The van der Waals surface area contributed by atoms with Crippen LogP contribution in [0.5, 0.6) is 5.75 Å². The Bertz CT molecular complexity index is 1520. The van der Waals surface area contributed by atoms with Crippen molar-refractivity contribution in [2.45, 2.75) is 62.3 Å². The van der Waals surface area contributed by atoms with Crippen LogP contribution in [0.15, 0.2) is 82.6 Å². The minimum atomic E-state index is -3.74. The Morgan fingerprint density at radius 1 is 1.05 bits per heavy atom. The molecule has 2 N–H and O–H groups in total. The van der Waals surface area contributed by atoms with Crippen LogP contribution in [0.4, 0.5) is 11.4 Å². The number of hydrogen-bond donors (Lipinski definition) is 2. The number of carboxylic acids is 1. The van der Waals surface area contributed by atoms with Crippen molar-refractivity contribution in [2.75, 3.05) is 29.6 Å². The van der Waals surface area contributed by atoms with E-state index in [0.29, 0.717) is 28.4 Å². The van der Waals surface area contributed by atoms with Crippen LogP contribution in [0, 0.1) is 5.41 Å². The number of nitrogens with one attached hydrogen (secondary N) is 1. The number of carbonyl (C=O) groups is 2. The summed E-state index contributed by atoms with van der Waals surface area (Å²) in [5.41, 5.74) is 1.51. The topological polar surface area (TPSA) is 113 Å². The predicted octanol–water partition coefficient (Wildman–Crippen LogP) is 6.63. The summed E-state index contributed by atoms with van der Waals surface area (Å²) < 4.78 is 34.2. The Morgan fingerprint density at radius 2 is 1.72 bits per heavy atom. The second-order valence-electron chi connectivity index (χ2n) is 10.9. The van der Waals surface area contributed by atoms with Crippen molar-refractivity contribution in [3.8, 4) is 5.75 Å². The van der Waals surface area contributed by atoms with E-state index in [0.717, 1.165) is 31.4 Å². The maximum atomic E-state index is 14.1. The molecule has 1 aliphatic rings. The number of carboxylic acid groups (broad SMARTS) is 1. The van der Waals surface area contributed by atoms with Crippen molar-refractivity contribution in [2.24, 2.45) is 5.41 Å². The molecule has 0 aromatic heterocycles. The van der Waals surface area contributed by atoms with Gasteiger partial charge in [0, 0.05) is 23.7 Å². The summed E-state index contributed by atoms with van der Waals surface area (Å²) in [6.45, 7) is 6.27. The predicted molar refractivity (Wildman–Crippen MR) is 171 cm³/mol. The summed E-state index contributed by atoms with van der Waals surface area (Å²) in [5, 5.41) is 12.2. The fourth-order valence-corrected chi connectivity index (χ4v) is 8.47. The molecular formula is C33H40N2O6S2. The normalized spacial score (nSPS) is 18.3. The monoisotopic (exact) mass is 624 g/mol. The smallest absolute Gasteiger partial charge is 0.330 e. The third-order valence-corrected chi connectivity index (χ3v) is 10.8. The van der Waals surface area contributed by atoms with Crippen molar-refractivity contribution >= 4 is 44.9 Å². The molecule has 0 spiro atoms. The highest BCUT2D eigenvalue weighted by molar-refractivity contribution is 7.99. The summed E-state index contributed by atoms with van der Waals surface area (Å²) in [6, 6.07) is 20.4. The number of hydrogen-bond acceptors (Lipinski definition) is 7. The summed E-state index contributed by atoms with van der Waals surface area (Å²) in [7, 11) is -3.74. The maximum absolute atomic E-state index is 14.1. The zero-order valence-electron chi connectivity index (χ0n) is 24.9. The number of para-hydroxylation sites is 1. The number of fused-ring (bicyclic) bond motifs is 1. The Labute approximate surface area is 258 Å². The number of amides is 1. The third-order valence-electron chi connectivity index (χ3n) is 7.86. The fourth-order valence-electron chi connectivity index (χ4n) is 5.53. The number of unbranched alkanes of at least 4 members (excludes halogenated alkanes) is 1. The first-order chi connectivity index (χ1) is 20.6. The molecule has 0 aliphatic carbocycles. The molecule has 230 valence electrons. The summed E-state index contributed by atoms with van der Waals surface area (Å²) in [4.78, 5) is 27.7. The lowest BCUT2D eigenvalue weighted by molar-refractivity contribution is -0.142. The molecule has 8 nitrogen and oxygen atoms in total. The second kappa shape index (κ2) is 14.3. The van der Waals surface area contributed by atoms with Gasteiger partial charge in [-0.25, -0.2) is 13.2 Å². The third kappa shape index (κ3) is 7.72. The van der Waals surface area contributed by atoms with Crippen LogP contribution >= 0.6 is 11.8 Å². The molecule has 0 bridgehead atoms. The van der Waals surface area contributed by atoms with Gasteiger partial charge in [0.15, 0.2) is 22.5 Å². The standard InChI is InChI=1S/C33H40N2O6S2/c1-4-7-18-33(5-2)22-35(25-16-12-9-13-17-25)26-19-28(42-6-3)27(20-29(26)43(39,40)23-33)41-21-30(36)34-31(32(37)38)24-14-10-8-11-15-24/h8-17,19-20,31H,4-7,18,21-23H2,1-3H3,(H,34,36)(H,37,38). The van der Waals surface area contributed by atoms with Gasteiger partial charge in [-0.1, -0.05) is 82.1 Å². The zero-order chi connectivity index (χ0) is 31.0. The Morgan fingerprint density at radius 3 is 2.33 bits per heavy atom. The molecule has 0 saturated heterocycles. The van der Waals surface area contributed by atoms with Gasteiger partial charge in [0.05, 0.1) is 21.2 Å². The quantitative estimate of drug-likeness (QED) is 0.204. The highest BCUT2D eigenvalue weighted by atomic mass is 32.2. The Kier molecular flexibility index (Phi) is 10.8. The minimum Gasteiger partial charge on any atom is -0.483 e. The largest absolute Gasteiger partial charge is 0.483 e. The van der Waals surface area contributed by atoms with Gasteiger partial charge in [-0.05, 0) is 42.4 Å². The van der Waals surface area contributed by atoms with Gasteiger partial charge in [-0.2, -0.15) is 0 Å². The first kappa shape index (κ1) is 32.4. The van der Waals surface area contributed by atoms with Crippen molar-refractivity contribution in [3.05, 3.63) is 78.4 Å². The van der Waals surface area contributed by atoms with Gasteiger partial charge in [-0.15, -0.1) is 11.8 Å². The van der Waals surface area contributed by atoms with Crippen LogP contribution in [0.25, 0.3) is 0 Å². The van der Waals surface area contributed by atoms with Gasteiger partial charge in [0.2, 0.25) is 0 Å². The molecule has 2 atom stereocenters. The number of aliphatic carboxylic acids is 1. The number of carbonyl (C=O) groups excluding carboxylic acids is 1. The molecule has 43 heavy (non-hydrogen) atoms. The van der Waals surface area contributed by atoms with Crippen LogP contribution in [-0.4, -0.2) is 50.1 Å². The molecule has 0 saturated carbocycles. The van der Waals surface area contributed by atoms with Gasteiger partial charge in [-0.3, -0.25) is 4.79 Å². The highest BCUT2D eigenvalue weighted by Gasteiger charge is 2.42. The van der Waals surface area contributed by atoms with Crippen LogP contribution < -0.4 is 15.0 Å². The fraction of sp³-hybridized carbons (Fsp3) is 0.394. The number of rotatable bonds is 13. The maximum Gasteiger partial charge on any atom is 0.330 e. The lowest BCUT2D eigenvalue weighted by Gasteiger charge is -2.36. The molecule has 1 aliphatic heterocycles. The van der Waals surface area contributed by atoms with Crippen LogP contribution in [0.1, 0.15) is 58.1 Å². The van der Waals surface area contributed by atoms with E-state index < -0.39 is 39.8 Å². The van der Waals surface area contributed by atoms with E-state index in [4.69, 9.17) is 4.74 Å². The molecule has 2 unspecified atom stereocenters. The van der Waals surface area contributed by atoms with Gasteiger partial charge in [0.25, 0.3) is 5.91 Å². The van der Waals surface area contributed by atoms with E-state index in [1.807, 2.05) is 43.3 Å². The summed E-state index contributed by atoms with van der Waals surface area (Å²) >= 11 is 1.49. The number of benzene rings is 3. The average molecular weight is 625 g/mol. The summed E-state index contributed by atoms with van der Waals surface area (Å²) in [6.07, 6.45) is 3.42. The molecule has 3 aromatic rings. The second-order valence-corrected chi connectivity index (χ2v) is 14.1. The molecule has 1 amide bonds. The van der Waals surface area contributed by atoms with E-state index >= 15 is 0 Å². The molecule has 4 rings (SSSR count). The van der Waals surface area contributed by atoms with Crippen molar-refractivity contribution < 1.29 is 27.9 Å². The van der Waals surface area contributed by atoms with Crippen LogP contribution in [-0.2, 0) is 19.4 Å². The van der Waals surface area contributed by atoms with Crippen molar-refractivity contribution in [3.63, 3.8) is 0 Å². The number of ether oxygens (including phenoxy) is 1. The number of sulfone groups is 1. The van der Waals surface area contributed by atoms with E-state index in [9.17, 15) is 23.1 Å². The number of thioether (sulfide) groups is 1. The SMILES string of the molecule is CCCCC1(CC)CN(c2ccccc2)c2cc(SCC)c(OCC(=O)NC(C(=O)O)c3ccccc3)cc2S(=O)(=O)C1. The number of anilines is 2. The molecular weight excluding hydrogens is 585 g/mol. The Hall–Kier alpha value is -3.50. The minimum absolute atomic E-state index is 0.0182. The molecule has 3 aromatic carbocycles. The Balaban J connectivity index is 1.72.